The molecule has 0 fully saturated rings. The molecule has 3 rings (SSSR count). The summed E-state index contributed by atoms with van der Waals surface area (Å²) in [6.07, 6.45) is 0. The van der Waals surface area contributed by atoms with Crippen molar-refractivity contribution in [2.24, 2.45) is 0 Å². The molecule has 0 saturated heterocycles. The van der Waals surface area contributed by atoms with Gasteiger partial charge in [0.05, 0.1) is 12.0 Å². The van der Waals surface area contributed by atoms with E-state index in [-0.39, 0.29) is 10.5 Å². The predicted octanol–water partition coefficient (Wildman–Crippen LogP) is 4.67. The van der Waals surface area contributed by atoms with Gasteiger partial charge in [-0.05, 0) is 86.0 Å². The second kappa shape index (κ2) is 8.59. The van der Waals surface area contributed by atoms with Gasteiger partial charge in [-0.15, -0.1) is 0 Å². The lowest BCUT2D eigenvalue weighted by atomic mass is 10.1. The maximum absolute atomic E-state index is 13.0. The minimum atomic E-state index is -3.86. The highest BCUT2D eigenvalue weighted by atomic mass is 32.2. The van der Waals surface area contributed by atoms with Crippen molar-refractivity contribution in [1.29, 1.82) is 0 Å². The molecule has 7 heteroatoms. The van der Waals surface area contributed by atoms with Gasteiger partial charge in [-0.3, -0.25) is 9.52 Å². The zero-order valence-electron chi connectivity index (χ0n) is 17.3. The minimum Gasteiger partial charge on any atom is -0.497 e. The van der Waals surface area contributed by atoms with Crippen molar-refractivity contribution in [3.8, 4) is 5.75 Å². The van der Waals surface area contributed by atoms with E-state index in [1.54, 1.807) is 62.6 Å². The van der Waals surface area contributed by atoms with Gasteiger partial charge in [-0.2, -0.15) is 0 Å². The summed E-state index contributed by atoms with van der Waals surface area (Å²) in [4.78, 5) is 12.7. The molecule has 1 amide bonds. The van der Waals surface area contributed by atoms with Crippen LogP contribution in [-0.4, -0.2) is 21.4 Å². The van der Waals surface area contributed by atoms with E-state index >= 15 is 0 Å². The average molecular weight is 425 g/mol. The normalized spacial score (nSPS) is 11.1. The van der Waals surface area contributed by atoms with Crippen LogP contribution in [0.2, 0.25) is 0 Å². The van der Waals surface area contributed by atoms with Crippen LogP contribution in [0, 0.1) is 20.8 Å². The topological polar surface area (TPSA) is 84.5 Å². The fourth-order valence-corrected chi connectivity index (χ4v) is 4.24. The standard InChI is InChI=1S/C23H24N2O4S/c1-15-6-8-20(13-17(15)3)25-30(27,28)22-14-18(7-5-16(22)2)23(26)24-19-9-11-21(29-4)12-10-19/h5-14,25H,1-4H3,(H,24,26). The number of carbonyl (C=O) groups is 1. The molecule has 0 spiro atoms. The number of methoxy groups -OCH3 is 1. The Balaban J connectivity index is 1.85. The molecule has 3 aromatic rings. The van der Waals surface area contributed by atoms with Gasteiger partial charge in [-0.1, -0.05) is 12.1 Å². The van der Waals surface area contributed by atoms with E-state index < -0.39 is 15.9 Å². The van der Waals surface area contributed by atoms with E-state index in [0.29, 0.717) is 22.7 Å². The van der Waals surface area contributed by atoms with Crippen LogP contribution in [0.4, 0.5) is 11.4 Å². The monoisotopic (exact) mass is 424 g/mol. The van der Waals surface area contributed by atoms with Gasteiger partial charge in [0.25, 0.3) is 15.9 Å². The van der Waals surface area contributed by atoms with Crippen LogP contribution in [-0.2, 0) is 10.0 Å². The summed E-state index contributed by atoms with van der Waals surface area (Å²) < 4.78 is 33.6. The van der Waals surface area contributed by atoms with Gasteiger partial charge in [0, 0.05) is 16.9 Å². The van der Waals surface area contributed by atoms with E-state index in [1.807, 2.05) is 19.9 Å². The van der Waals surface area contributed by atoms with Crippen molar-refractivity contribution in [1.82, 2.24) is 0 Å². The zero-order valence-corrected chi connectivity index (χ0v) is 18.1. The number of anilines is 2. The second-order valence-electron chi connectivity index (χ2n) is 7.07. The number of hydrogen-bond donors (Lipinski definition) is 2. The van der Waals surface area contributed by atoms with Crippen LogP contribution in [0.15, 0.2) is 65.6 Å². The molecule has 0 aliphatic rings. The Morgan fingerprint density at radius 1 is 0.800 bits per heavy atom. The van der Waals surface area contributed by atoms with E-state index in [0.717, 1.165) is 11.1 Å². The molecule has 0 aliphatic heterocycles. The van der Waals surface area contributed by atoms with E-state index in [9.17, 15) is 13.2 Å². The van der Waals surface area contributed by atoms with Gasteiger partial charge in [-0.25, -0.2) is 8.42 Å². The quantitative estimate of drug-likeness (QED) is 0.602. The number of nitrogens with one attached hydrogen (secondary N) is 2. The van der Waals surface area contributed by atoms with E-state index in [2.05, 4.69) is 10.0 Å². The van der Waals surface area contributed by atoms with Gasteiger partial charge < -0.3 is 10.1 Å². The fourth-order valence-electron chi connectivity index (χ4n) is 2.92. The molecule has 0 atom stereocenters. The Kier molecular flexibility index (Phi) is 6.12. The summed E-state index contributed by atoms with van der Waals surface area (Å²) in [7, 11) is -2.29. The van der Waals surface area contributed by atoms with Gasteiger partial charge >= 0.3 is 0 Å². The molecular formula is C23H24N2O4S. The Morgan fingerprint density at radius 2 is 1.43 bits per heavy atom. The Bertz CT molecular complexity index is 1190. The molecule has 0 bridgehead atoms. The van der Waals surface area contributed by atoms with E-state index in [4.69, 9.17) is 4.74 Å². The number of benzene rings is 3. The van der Waals surface area contributed by atoms with Crippen LogP contribution in [0.3, 0.4) is 0 Å². The highest BCUT2D eigenvalue weighted by Crippen LogP contribution is 2.23. The molecule has 3 aromatic carbocycles. The molecule has 0 aliphatic carbocycles. The minimum absolute atomic E-state index is 0.0584. The lowest BCUT2D eigenvalue weighted by Crippen LogP contribution is -2.17. The van der Waals surface area contributed by atoms with Crippen LogP contribution < -0.4 is 14.8 Å². The number of amides is 1. The Labute approximate surface area is 177 Å². The zero-order chi connectivity index (χ0) is 21.9. The molecule has 0 aromatic heterocycles. The van der Waals surface area contributed by atoms with Crippen LogP contribution >= 0.6 is 0 Å². The third kappa shape index (κ3) is 4.80. The number of ether oxygens (including phenoxy) is 1. The Hall–Kier alpha value is -3.32. The van der Waals surface area contributed by atoms with Gasteiger partial charge in [0.2, 0.25) is 0 Å². The number of hydrogen-bond acceptors (Lipinski definition) is 4. The summed E-state index contributed by atoms with van der Waals surface area (Å²) >= 11 is 0. The van der Waals surface area contributed by atoms with Crippen molar-refractivity contribution in [3.63, 3.8) is 0 Å². The smallest absolute Gasteiger partial charge is 0.262 e. The molecule has 0 unspecified atom stereocenters. The number of carbonyl (C=O) groups excluding carboxylic acids is 1. The SMILES string of the molecule is COc1ccc(NC(=O)c2ccc(C)c(S(=O)(=O)Nc3ccc(C)c(C)c3)c2)cc1. The molecule has 2 N–H and O–H groups in total. The maximum atomic E-state index is 13.0. The van der Waals surface area contributed by atoms with Crippen molar-refractivity contribution < 1.29 is 17.9 Å². The third-order valence-electron chi connectivity index (χ3n) is 4.85. The largest absolute Gasteiger partial charge is 0.497 e. The second-order valence-corrected chi connectivity index (χ2v) is 8.72. The summed E-state index contributed by atoms with van der Waals surface area (Å²) in [6.45, 7) is 5.57. The third-order valence-corrected chi connectivity index (χ3v) is 6.37. The summed E-state index contributed by atoms with van der Waals surface area (Å²) in [5, 5.41) is 2.76. The lowest BCUT2D eigenvalue weighted by Gasteiger charge is -2.13. The van der Waals surface area contributed by atoms with Crippen LogP contribution in [0.25, 0.3) is 0 Å². The van der Waals surface area contributed by atoms with Crippen molar-refractivity contribution >= 4 is 27.3 Å². The maximum Gasteiger partial charge on any atom is 0.262 e. The molecule has 0 radical (unpaired) electrons. The molecule has 0 saturated carbocycles. The molecule has 30 heavy (non-hydrogen) atoms. The first-order chi connectivity index (χ1) is 14.2. The van der Waals surface area contributed by atoms with Crippen LogP contribution in [0.1, 0.15) is 27.0 Å². The number of aryl methyl sites for hydroxylation is 3. The Morgan fingerprint density at radius 3 is 2.07 bits per heavy atom. The van der Waals surface area contributed by atoms with Crippen LogP contribution in [0.5, 0.6) is 5.75 Å². The predicted molar refractivity (Wildman–Crippen MR) is 119 cm³/mol. The molecule has 0 heterocycles. The van der Waals surface area contributed by atoms with Crippen molar-refractivity contribution in [2.45, 2.75) is 25.7 Å². The highest BCUT2D eigenvalue weighted by Gasteiger charge is 2.20. The first-order valence-electron chi connectivity index (χ1n) is 9.36. The first-order valence-corrected chi connectivity index (χ1v) is 10.8. The summed E-state index contributed by atoms with van der Waals surface area (Å²) in [5.41, 5.74) is 3.92. The molecule has 156 valence electrons. The fraction of sp³-hybridized carbons (Fsp3) is 0.174. The van der Waals surface area contributed by atoms with E-state index in [1.165, 1.54) is 6.07 Å². The summed E-state index contributed by atoms with van der Waals surface area (Å²) in [5.74, 6) is 0.275. The average Bonchev–Trinajstić information content (AvgIpc) is 2.71. The molecule has 6 nitrogen and oxygen atoms in total. The first kappa shape index (κ1) is 21.4. The van der Waals surface area contributed by atoms with Crippen molar-refractivity contribution in [3.05, 3.63) is 82.9 Å². The number of rotatable bonds is 6. The van der Waals surface area contributed by atoms with Gasteiger partial charge in [0.15, 0.2) is 0 Å². The van der Waals surface area contributed by atoms with Crippen molar-refractivity contribution in [2.75, 3.05) is 17.1 Å². The summed E-state index contributed by atoms with van der Waals surface area (Å²) in [6, 6.07) is 16.9. The molecular weight excluding hydrogens is 400 g/mol. The number of sulfonamides is 1. The van der Waals surface area contributed by atoms with Gasteiger partial charge in [0.1, 0.15) is 5.75 Å². The highest BCUT2D eigenvalue weighted by molar-refractivity contribution is 7.92. The lowest BCUT2D eigenvalue weighted by molar-refractivity contribution is 0.102.